The Kier molecular flexibility index (Phi) is 4.53. The molecule has 0 aliphatic heterocycles. The van der Waals surface area contributed by atoms with Crippen molar-refractivity contribution in [3.63, 3.8) is 0 Å². The predicted molar refractivity (Wildman–Crippen MR) is 78.9 cm³/mol. The maximum absolute atomic E-state index is 10.8. The van der Waals surface area contributed by atoms with E-state index in [0.717, 1.165) is 11.3 Å². The zero-order valence-corrected chi connectivity index (χ0v) is 12.1. The zero-order valence-electron chi connectivity index (χ0n) is 11.3. The number of halogens is 1. The van der Waals surface area contributed by atoms with E-state index in [2.05, 4.69) is 15.6 Å². The van der Waals surface area contributed by atoms with Crippen LogP contribution in [0, 0.1) is 6.92 Å². The van der Waals surface area contributed by atoms with Crippen molar-refractivity contribution in [2.24, 2.45) is 5.10 Å². The molecule has 0 aliphatic carbocycles. The van der Waals surface area contributed by atoms with Crippen LogP contribution in [0.25, 0.3) is 0 Å². The van der Waals surface area contributed by atoms with Crippen LogP contribution >= 0.6 is 11.6 Å². The first kappa shape index (κ1) is 14.3. The molecule has 0 fully saturated rings. The summed E-state index contributed by atoms with van der Waals surface area (Å²) >= 11 is 6.29. The molecule has 0 radical (unpaired) electrons. The van der Waals surface area contributed by atoms with Crippen LogP contribution in [0.5, 0.6) is 0 Å². The Labute approximate surface area is 122 Å². The number of carbonyl (C=O) groups excluding carboxylic acids is 1. The summed E-state index contributed by atoms with van der Waals surface area (Å²) in [6.07, 6.45) is 1.51. The molecule has 2 aromatic rings. The van der Waals surface area contributed by atoms with E-state index in [1.165, 1.54) is 13.1 Å². The van der Waals surface area contributed by atoms with E-state index in [-0.39, 0.29) is 5.91 Å². The lowest BCUT2D eigenvalue weighted by atomic mass is 10.2. The number of benzene rings is 1. The molecule has 1 amide bonds. The fourth-order valence-electron chi connectivity index (χ4n) is 1.76. The molecule has 20 heavy (non-hydrogen) atoms. The molecule has 5 nitrogen and oxygen atoms in total. The van der Waals surface area contributed by atoms with E-state index in [1.54, 1.807) is 4.68 Å². The summed E-state index contributed by atoms with van der Waals surface area (Å²) in [5, 5.41) is 8.71. The maximum atomic E-state index is 10.8. The molecule has 1 N–H and O–H groups in total. The van der Waals surface area contributed by atoms with Gasteiger partial charge in [-0.1, -0.05) is 41.9 Å². The van der Waals surface area contributed by atoms with Gasteiger partial charge >= 0.3 is 0 Å². The molecule has 0 aliphatic rings. The van der Waals surface area contributed by atoms with Gasteiger partial charge in [0, 0.05) is 6.92 Å². The minimum Gasteiger partial charge on any atom is -0.274 e. The number of hydrogen-bond acceptors (Lipinski definition) is 3. The van der Waals surface area contributed by atoms with Crippen molar-refractivity contribution in [1.29, 1.82) is 0 Å². The lowest BCUT2D eigenvalue weighted by Crippen LogP contribution is -2.12. The van der Waals surface area contributed by atoms with Crippen LogP contribution in [-0.4, -0.2) is 21.9 Å². The Balaban J connectivity index is 2.20. The normalized spacial score (nSPS) is 10.9. The highest BCUT2D eigenvalue weighted by molar-refractivity contribution is 6.32. The van der Waals surface area contributed by atoms with Crippen molar-refractivity contribution < 1.29 is 4.79 Å². The average Bonchev–Trinajstić information content (AvgIpc) is 2.67. The number of nitrogens with one attached hydrogen (secondary N) is 1. The number of nitrogens with zero attached hydrogens (tertiary/aromatic N) is 3. The van der Waals surface area contributed by atoms with Crippen LogP contribution < -0.4 is 5.43 Å². The second kappa shape index (κ2) is 6.34. The van der Waals surface area contributed by atoms with Gasteiger partial charge in [-0.15, -0.1) is 0 Å². The predicted octanol–water partition coefficient (Wildman–Crippen LogP) is 2.36. The highest BCUT2D eigenvalue weighted by Crippen LogP contribution is 2.19. The standard InChI is InChI=1S/C14H15ClN4O/c1-10-13(8-16-17-11(2)20)14(15)19(18-10)9-12-6-4-3-5-7-12/h3-8H,9H2,1-2H3,(H,17,20). The van der Waals surface area contributed by atoms with E-state index in [1.807, 2.05) is 37.3 Å². The number of aromatic nitrogens is 2. The third-order valence-electron chi connectivity index (χ3n) is 2.70. The van der Waals surface area contributed by atoms with E-state index >= 15 is 0 Å². The molecule has 0 unspecified atom stereocenters. The second-order valence-electron chi connectivity index (χ2n) is 4.36. The molecule has 0 atom stereocenters. The summed E-state index contributed by atoms with van der Waals surface area (Å²) in [4.78, 5) is 10.8. The van der Waals surface area contributed by atoms with E-state index < -0.39 is 0 Å². The number of aryl methyl sites for hydroxylation is 1. The number of hydrazone groups is 1. The van der Waals surface area contributed by atoms with E-state index in [0.29, 0.717) is 17.3 Å². The Hall–Kier alpha value is -2.14. The lowest BCUT2D eigenvalue weighted by molar-refractivity contribution is -0.118. The molecular formula is C14H15ClN4O. The number of rotatable bonds is 4. The minimum absolute atomic E-state index is 0.230. The van der Waals surface area contributed by atoms with Gasteiger partial charge in [0.05, 0.1) is 24.0 Å². The molecule has 0 saturated heterocycles. The first-order valence-corrected chi connectivity index (χ1v) is 6.52. The number of amides is 1. The molecular weight excluding hydrogens is 276 g/mol. The van der Waals surface area contributed by atoms with Gasteiger partial charge in [-0.2, -0.15) is 10.2 Å². The quantitative estimate of drug-likeness (QED) is 0.694. The van der Waals surface area contributed by atoms with Crippen molar-refractivity contribution in [1.82, 2.24) is 15.2 Å². The molecule has 1 aromatic heterocycles. The second-order valence-corrected chi connectivity index (χ2v) is 4.72. The summed E-state index contributed by atoms with van der Waals surface area (Å²) < 4.78 is 1.71. The van der Waals surface area contributed by atoms with Crippen molar-refractivity contribution >= 4 is 23.7 Å². The van der Waals surface area contributed by atoms with Crippen molar-refractivity contribution in [3.05, 3.63) is 52.3 Å². The minimum atomic E-state index is -0.230. The molecule has 0 bridgehead atoms. The topological polar surface area (TPSA) is 59.3 Å². The maximum Gasteiger partial charge on any atom is 0.236 e. The van der Waals surface area contributed by atoms with Gasteiger partial charge in [0.15, 0.2) is 0 Å². The first-order valence-electron chi connectivity index (χ1n) is 6.14. The molecule has 104 valence electrons. The zero-order chi connectivity index (χ0) is 14.5. The monoisotopic (exact) mass is 290 g/mol. The van der Waals surface area contributed by atoms with Gasteiger partial charge in [-0.3, -0.25) is 4.79 Å². The molecule has 1 heterocycles. The Morgan fingerprint density at radius 1 is 1.45 bits per heavy atom. The molecule has 2 rings (SSSR count). The van der Waals surface area contributed by atoms with E-state index in [4.69, 9.17) is 11.6 Å². The summed E-state index contributed by atoms with van der Waals surface area (Å²) in [6, 6.07) is 9.93. The molecule has 0 spiro atoms. The average molecular weight is 291 g/mol. The number of carbonyl (C=O) groups is 1. The van der Waals surface area contributed by atoms with Crippen LogP contribution in [-0.2, 0) is 11.3 Å². The van der Waals surface area contributed by atoms with Gasteiger partial charge < -0.3 is 0 Å². The van der Waals surface area contributed by atoms with Gasteiger partial charge in [-0.25, -0.2) is 10.1 Å². The summed E-state index contributed by atoms with van der Waals surface area (Å²) in [5.74, 6) is -0.230. The SMILES string of the molecule is CC(=O)NN=Cc1c(C)nn(Cc2ccccc2)c1Cl. The van der Waals surface area contributed by atoms with Gasteiger partial charge in [0.25, 0.3) is 0 Å². The fourth-order valence-corrected chi connectivity index (χ4v) is 2.05. The fraction of sp³-hybridized carbons (Fsp3) is 0.214. The molecule has 0 saturated carbocycles. The van der Waals surface area contributed by atoms with Gasteiger partial charge in [0.1, 0.15) is 5.15 Å². The smallest absolute Gasteiger partial charge is 0.236 e. The van der Waals surface area contributed by atoms with Crippen molar-refractivity contribution in [2.45, 2.75) is 20.4 Å². The Bertz CT molecular complexity index is 634. The third-order valence-corrected chi connectivity index (χ3v) is 3.10. The van der Waals surface area contributed by atoms with Crippen LogP contribution in [0.4, 0.5) is 0 Å². The van der Waals surface area contributed by atoms with Gasteiger partial charge in [-0.05, 0) is 12.5 Å². The van der Waals surface area contributed by atoms with Crippen molar-refractivity contribution in [2.75, 3.05) is 0 Å². The lowest BCUT2D eigenvalue weighted by Gasteiger charge is -2.03. The Morgan fingerprint density at radius 3 is 2.80 bits per heavy atom. The van der Waals surface area contributed by atoms with Crippen LogP contribution in [0.15, 0.2) is 35.4 Å². The third kappa shape index (κ3) is 3.45. The van der Waals surface area contributed by atoms with Crippen molar-refractivity contribution in [3.8, 4) is 0 Å². The Morgan fingerprint density at radius 2 is 2.15 bits per heavy atom. The molecule has 1 aromatic carbocycles. The van der Waals surface area contributed by atoms with Crippen LogP contribution in [0.2, 0.25) is 5.15 Å². The van der Waals surface area contributed by atoms with Gasteiger partial charge in [0.2, 0.25) is 5.91 Å². The summed E-state index contributed by atoms with van der Waals surface area (Å²) in [5.41, 5.74) is 4.92. The van der Waals surface area contributed by atoms with Crippen LogP contribution in [0.1, 0.15) is 23.7 Å². The highest BCUT2D eigenvalue weighted by Gasteiger charge is 2.11. The summed E-state index contributed by atoms with van der Waals surface area (Å²) in [7, 11) is 0. The number of hydrogen-bond donors (Lipinski definition) is 1. The summed E-state index contributed by atoms with van der Waals surface area (Å²) in [6.45, 7) is 3.83. The highest BCUT2D eigenvalue weighted by atomic mass is 35.5. The molecule has 6 heteroatoms. The largest absolute Gasteiger partial charge is 0.274 e. The first-order chi connectivity index (χ1) is 9.58. The van der Waals surface area contributed by atoms with Crippen LogP contribution in [0.3, 0.4) is 0 Å². The van der Waals surface area contributed by atoms with E-state index in [9.17, 15) is 4.79 Å².